The molecule has 0 spiro atoms. The standard InChI is InChI=1S/C24H26N4OS2/c1-5-28-22(18(4)29-20-12-10-16(2)11-13-20)26-27-24(28)31-15-19-14-30-23(25-19)21-9-7-6-8-17(21)3/h6-14,18H,5,15H2,1-4H3. The van der Waals surface area contributed by atoms with Crippen LogP contribution in [0.2, 0.25) is 0 Å². The van der Waals surface area contributed by atoms with Crippen molar-refractivity contribution in [1.29, 1.82) is 0 Å². The van der Waals surface area contributed by atoms with Gasteiger partial charge in [-0.25, -0.2) is 4.98 Å². The summed E-state index contributed by atoms with van der Waals surface area (Å²) in [7, 11) is 0. The SMILES string of the molecule is CCn1c(SCc2csc(-c3ccccc3C)n2)nnc1C(C)Oc1ccc(C)cc1. The number of ether oxygens (including phenoxy) is 1. The zero-order valence-corrected chi connectivity index (χ0v) is 19.8. The second kappa shape index (κ2) is 9.66. The molecule has 2 heterocycles. The molecule has 0 saturated heterocycles. The van der Waals surface area contributed by atoms with Gasteiger partial charge in [-0.05, 0) is 45.4 Å². The van der Waals surface area contributed by atoms with Crippen LogP contribution < -0.4 is 4.74 Å². The van der Waals surface area contributed by atoms with Gasteiger partial charge in [-0.3, -0.25) is 0 Å². The Balaban J connectivity index is 1.44. The normalized spacial score (nSPS) is 12.1. The molecular formula is C24H26N4OS2. The molecule has 0 amide bonds. The second-order valence-corrected chi connectivity index (χ2v) is 9.21. The highest BCUT2D eigenvalue weighted by molar-refractivity contribution is 7.98. The van der Waals surface area contributed by atoms with Gasteiger partial charge < -0.3 is 9.30 Å². The molecule has 0 saturated carbocycles. The lowest BCUT2D eigenvalue weighted by Gasteiger charge is -2.15. The highest BCUT2D eigenvalue weighted by atomic mass is 32.2. The van der Waals surface area contributed by atoms with Crippen molar-refractivity contribution in [3.63, 3.8) is 0 Å². The van der Waals surface area contributed by atoms with Crippen LogP contribution in [0.25, 0.3) is 10.6 Å². The highest BCUT2D eigenvalue weighted by Crippen LogP contribution is 2.30. The minimum atomic E-state index is -0.184. The Hall–Kier alpha value is -2.64. The molecule has 0 aliphatic heterocycles. The van der Waals surface area contributed by atoms with Gasteiger partial charge in [0.2, 0.25) is 0 Å². The molecule has 31 heavy (non-hydrogen) atoms. The first-order chi connectivity index (χ1) is 15.0. The van der Waals surface area contributed by atoms with Gasteiger partial charge in [-0.1, -0.05) is 53.7 Å². The third-order valence-electron chi connectivity index (χ3n) is 5.04. The number of aryl methyl sites for hydroxylation is 2. The van der Waals surface area contributed by atoms with E-state index < -0.39 is 0 Å². The van der Waals surface area contributed by atoms with E-state index in [1.165, 1.54) is 16.7 Å². The Labute approximate surface area is 191 Å². The van der Waals surface area contributed by atoms with E-state index in [1.807, 2.05) is 31.2 Å². The minimum Gasteiger partial charge on any atom is -0.483 e. The first-order valence-electron chi connectivity index (χ1n) is 10.3. The predicted octanol–water partition coefficient (Wildman–Crippen LogP) is 6.47. The van der Waals surface area contributed by atoms with Crippen LogP contribution >= 0.6 is 23.1 Å². The van der Waals surface area contributed by atoms with Crippen molar-refractivity contribution in [3.05, 3.63) is 76.6 Å². The number of hydrogen-bond donors (Lipinski definition) is 0. The van der Waals surface area contributed by atoms with Gasteiger partial charge in [0.1, 0.15) is 10.8 Å². The van der Waals surface area contributed by atoms with Crippen LogP contribution in [0.15, 0.2) is 59.1 Å². The Morgan fingerprint density at radius 1 is 1.06 bits per heavy atom. The lowest BCUT2D eigenvalue weighted by atomic mass is 10.1. The van der Waals surface area contributed by atoms with E-state index in [1.54, 1.807) is 23.1 Å². The van der Waals surface area contributed by atoms with Gasteiger partial charge in [0.15, 0.2) is 17.1 Å². The van der Waals surface area contributed by atoms with Crippen LogP contribution in [0, 0.1) is 13.8 Å². The van der Waals surface area contributed by atoms with Crippen LogP contribution in [-0.2, 0) is 12.3 Å². The van der Waals surface area contributed by atoms with Gasteiger partial charge in [-0.15, -0.1) is 21.5 Å². The Morgan fingerprint density at radius 2 is 1.84 bits per heavy atom. The summed E-state index contributed by atoms with van der Waals surface area (Å²) in [6, 6.07) is 16.4. The summed E-state index contributed by atoms with van der Waals surface area (Å²) in [4.78, 5) is 4.83. The van der Waals surface area contributed by atoms with Crippen LogP contribution in [0.5, 0.6) is 5.75 Å². The molecule has 7 heteroatoms. The van der Waals surface area contributed by atoms with Gasteiger partial charge in [0.25, 0.3) is 0 Å². The van der Waals surface area contributed by atoms with Gasteiger partial charge >= 0.3 is 0 Å². The molecule has 4 aromatic rings. The van der Waals surface area contributed by atoms with Crippen molar-refractivity contribution >= 4 is 23.1 Å². The van der Waals surface area contributed by atoms with Crippen LogP contribution in [0.4, 0.5) is 0 Å². The van der Waals surface area contributed by atoms with E-state index in [-0.39, 0.29) is 6.10 Å². The van der Waals surface area contributed by atoms with Crippen molar-refractivity contribution in [2.24, 2.45) is 0 Å². The van der Waals surface area contributed by atoms with Gasteiger partial charge in [0, 0.05) is 23.2 Å². The van der Waals surface area contributed by atoms with Crippen molar-refractivity contribution < 1.29 is 4.74 Å². The minimum absolute atomic E-state index is 0.184. The molecular weight excluding hydrogens is 424 g/mol. The van der Waals surface area contributed by atoms with E-state index in [4.69, 9.17) is 9.72 Å². The number of benzene rings is 2. The van der Waals surface area contributed by atoms with E-state index in [0.717, 1.165) is 39.7 Å². The molecule has 2 aromatic heterocycles. The molecule has 160 valence electrons. The molecule has 0 N–H and O–H groups in total. The number of nitrogens with zero attached hydrogens (tertiary/aromatic N) is 4. The zero-order valence-electron chi connectivity index (χ0n) is 18.2. The average Bonchev–Trinajstić information content (AvgIpc) is 3.41. The van der Waals surface area contributed by atoms with Crippen molar-refractivity contribution in [1.82, 2.24) is 19.7 Å². The third-order valence-corrected chi connectivity index (χ3v) is 6.96. The predicted molar refractivity (Wildman–Crippen MR) is 128 cm³/mol. The molecule has 1 unspecified atom stereocenters. The zero-order chi connectivity index (χ0) is 21.8. The number of rotatable bonds is 8. The lowest BCUT2D eigenvalue weighted by molar-refractivity contribution is 0.210. The molecule has 0 fully saturated rings. The monoisotopic (exact) mass is 450 g/mol. The fourth-order valence-electron chi connectivity index (χ4n) is 3.33. The van der Waals surface area contributed by atoms with E-state index in [2.05, 4.69) is 65.2 Å². The summed E-state index contributed by atoms with van der Waals surface area (Å²) in [5, 5.41) is 12.9. The van der Waals surface area contributed by atoms with E-state index in [0.29, 0.717) is 0 Å². The Bertz CT molecular complexity index is 1150. The van der Waals surface area contributed by atoms with Crippen LogP contribution in [0.3, 0.4) is 0 Å². The molecule has 0 aliphatic carbocycles. The highest BCUT2D eigenvalue weighted by Gasteiger charge is 2.19. The summed E-state index contributed by atoms with van der Waals surface area (Å²) in [5.41, 5.74) is 4.71. The topological polar surface area (TPSA) is 52.8 Å². The number of thiazole rings is 1. The molecule has 2 aromatic carbocycles. The smallest absolute Gasteiger partial charge is 0.191 e. The molecule has 1 atom stereocenters. The summed E-state index contributed by atoms with van der Waals surface area (Å²) in [5.74, 6) is 2.43. The Kier molecular flexibility index (Phi) is 6.73. The Morgan fingerprint density at radius 3 is 2.58 bits per heavy atom. The molecule has 4 rings (SSSR count). The van der Waals surface area contributed by atoms with Crippen LogP contribution in [0.1, 0.15) is 42.6 Å². The second-order valence-electron chi connectivity index (χ2n) is 7.41. The first kappa shape index (κ1) is 21.6. The summed E-state index contributed by atoms with van der Waals surface area (Å²) >= 11 is 3.35. The number of hydrogen-bond acceptors (Lipinski definition) is 6. The largest absolute Gasteiger partial charge is 0.483 e. The quantitative estimate of drug-likeness (QED) is 0.288. The van der Waals surface area contributed by atoms with Crippen molar-refractivity contribution in [2.75, 3.05) is 0 Å². The molecule has 0 aliphatic rings. The first-order valence-corrected chi connectivity index (χ1v) is 12.2. The maximum absolute atomic E-state index is 6.09. The molecule has 0 radical (unpaired) electrons. The maximum Gasteiger partial charge on any atom is 0.191 e. The number of aromatic nitrogens is 4. The number of thioether (sulfide) groups is 1. The molecule has 0 bridgehead atoms. The van der Waals surface area contributed by atoms with Gasteiger partial charge in [0.05, 0.1) is 5.69 Å². The van der Waals surface area contributed by atoms with Gasteiger partial charge in [-0.2, -0.15) is 0 Å². The fraction of sp³-hybridized carbons (Fsp3) is 0.292. The molecule has 5 nitrogen and oxygen atoms in total. The maximum atomic E-state index is 6.09. The summed E-state index contributed by atoms with van der Waals surface area (Å²) < 4.78 is 8.22. The average molecular weight is 451 g/mol. The lowest BCUT2D eigenvalue weighted by Crippen LogP contribution is -2.12. The summed E-state index contributed by atoms with van der Waals surface area (Å²) in [6.07, 6.45) is -0.184. The third kappa shape index (κ3) is 4.99. The van der Waals surface area contributed by atoms with E-state index >= 15 is 0 Å². The fourth-order valence-corrected chi connectivity index (χ4v) is 5.24. The van der Waals surface area contributed by atoms with Crippen LogP contribution in [-0.4, -0.2) is 19.7 Å². The summed E-state index contributed by atoms with van der Waals surface area (Å²) in [6.45, 7) is 9.10. The van der Waals surface area contributed by atoms with Crippen molar-refractivity contribution in [3.8, 4) is 16.3 Å². The van der Waals surface area contributed by atoms with E-state index in [9.17, 15) is 0 Å². The van der Waals surface area contributed by atoms with Crippen molar-refractivity contribution in [2.45, 2.75) is 51.3 Å².